The molecule has 1 fully saturated rings. The molecule has 3 aromatic heterocycles. The van der Waals surface area contributed by atoms with E-state index in [1.165, 1.54) is 22.0 Å². The predicted octanol–water partition coefficient (Wildman–Crippen LogP) is 4.09. The number of rotatable bonds is 5. The number of hydrogen-bond donors (Lipinski definition) is 1. The number of benzene rings is 2. The van der Waals surface area contributed by atoms with Gasteiger partial charge in [-0.25, -0.2) is 9.67 Å². The van der Waals surface area contributed by atoms with Crippen LogP contribution >= 0.6 is 11.3 Å². The number of anilines is 1. The molecule has 0 spiro atoms. The number of hydrogen-bond acceptors (Lipinski definition) is 6. The van der Waals surface area contributed by atoms with Gasteiger partial charge in [-0.2, -0.15) is 5.10 Å². The fourth-order valence-corrected chi connectivity index (χ4v) is 5.79. The highest BCUT2D eigenvalue weighted by molar-refractivity contribution is 7.07. The summed E-state index contributed by atoms with van der Waals surface area (Å²) in [5.41, 5.74) is 4.18. The van der Waals surface area contributed by atoms with Crippen molar-refractivity contribution in [2.24, 2.45) is 12.5 Å². The summed E-state index contributed by atoms with van der Waals surface area (Å²) in [7, 11) is 1.70. The molecule has 0 unspecified atom stereocenters. The number of fused-ring (bicyclic) bond motifs is 1. The van der Waals surface area contributed by atoms with Gasteiger partial charge < -0.3 is 14.8 Å². The third-order valence-corrected chi connectivity index (χ3v) is 7.97. The molecule has 6 rings (SSSR count). The summed E-state index contributed by atoms with van der Waals surface area (Å²) in [6.45, 7) is 3.74. The van der Waals surface area contributed by atoms with Crippen LogP contribution in [0, 0.1) is 5.41 Å². The minimum atomic E-state index is -0.889. The van der Waals surface area contributed by atoms with E-state index in [1.807, 2.05) is 62.4 Å². The van der Waals surface area contributed by atoms with Crippen LogP contribution in [0.4, 0.5) is 5.69 Å². The predicted molar refractivity (Wildman–Crippen MR) is 150 cm³/mol. The second-order valence-corrected chi connectivity index (χ2v) is 10.9. The Morgan fingerprint density at radius 3 is 2.51 bits per heavy atom. The van der Waals surface area contributed by atoms with E-state index >= 15 is 0 Å². The van der Waals surface area contributed by atoms with Crippen molar-refractivity contribution in [2.75, 3.05) is 4.90 Å². The van der Waals surface area contributed by atoms with Gasteiger partial charge in [-0.05, 0) is 43.7 Å². The molecule has 1 N–H and O–H groups in total. The number of nitrogens with one attached hydrogen (secondary N) is 1. The number of carbonyl (C=O) groups is 2. The molecule has 2 atom stereocenters. The molecule has 10 heteroatoms. The van der Waals surface area contributed by atoms with E-state index < -0.39 is 17.5 Å². The molecule has 2 aromatic carbocycles. The van der Waals surface area contributed by atoms with Gasteiger partial charge in [0.05, 0.1) is 40.4 Å². The second kappa shape index (κ2) is 9.32. The van der Waals surface area contributed by atoms with Crippen molar-refractivity contribution >= 4 is 39.7 Å². The lowest BCUT2D eigenvalue weighted by Crippen LogP contribution is -2.46. The average Bonchev–Trinajstić information content (AvgIpc) is 3.66. The molecule has 0 bridgehead atoms. The van der Waals surface area contributed by atoms with Crippen molar-refractivity contribution in [3.63, 3.8) is 0 Å². The van der Waals surface area contributed by atoms with Crippen LogP contribution < -0.4 is 15.8 Å². The number of aromatic nitrogens is 4. The molecule has 1 aliphatic rings. The molecule has 0 aliphatic carbocycles. The van der Waals surface area contributed by atoms with Crippen LogP contribution in [0.25, 0.3) is 16.6 Å². The first-order chi connectivity index (χ1) is 18.8. The van der Waals surface area contributed by atoms with Gasteiger partial charge in [-0.3, -0.25) is 14.4 Å². The van der Waals surface area contributed by atoms with Crippen LogP contribution in [0.2, 0.25) is 0 Å². The zero-order valence-corrected chi connectivity index (χ0v) is 22.4. The monoisotopic (exact) mass is 538 g/mol. The van der Waals surface area contributed by atoms with E-state index in [0.717, 1.165) is 22.2 Å². The summed E-state index contributed by atoms with van der Waals surface area (Å²) in [5, 5.41) is 10.2. The number of pyridine rings is 1. The Labute approximate surface area is 228 Å². The minimum Gasteiger partial charge on any atom is -0.344 e. The molecule has 9 nitrogen and oxygen atoms in total. The first-order valence-electron chi connectivity index (χ1n) is 12.5. The van der Waals surface area contributed by atoms with Crippen LogP contribution in [-0.4, -0.2) is 37.2 Å². The van der Waals surface area contributed by atoms with Crippen molar-refractivity contribution in [1.82, 2.24) is 24.6 Å². The van der Waals surface area contributed by atoms with Gasteiger partial charge in [-0.1, -0.05) is 30.3 Å². The van der Waals surface area contributed by atoms with Gasteiger partial charge in [0.25, 0.3) is 5.91 Å². The zero-order chi connectivity index (χ0) is 27.3. The van der Waals surface area contributed by atoms with Crippen molar-refractivity contribution in [1.29, 1.82) is 0 Å². The van der Waals surface area contributed by atoms with Crippen LogP contribution in [0.15, 0.2) is 88.7 Å². The van der Waals surface area contributed by atoms with Gasteiger partial charge >= 0.3 is 0 Å². The first kappa shape index (κ1) is 24.7. The van der Waals surface area contributed by atoms with Crippen LogP contribution in [0.1, 0.15) is 35.9 Å². The Hall–Kier alpha value is -4.57. The molecule has 1 aliphatic heterocycles. The summed E-state index contributed by atoms with van der Waals surface area (Å²) < 4.78 is 3.27. The number of thiazole rings is 1. The van der Waals surface area contributed by atoms with Crippen molar-refractivity contribution in [2.45, 2.75) is 25.9 Å². The number of nitrogens with zero attached hydrogens (tertiary/aromatic N) is 5. The summed E-state index contributed by atoms with van der Waals surface area (Å²) in [6, 6.07) is 17.8. The minimum absolute atomic E-state index is 0.0928. The van der Waals surface area contributed by atoms with Crippen LogP contribution in [0.3, 0.4) is 0 Å². The van der Waals surface area contributed by atoms with E-state index in [2.05, 4.69) is 15.4 Å². The Bertz CT molecular complexity index is 1760. The highest BCUT2D eigenvalue weighted by atomic mass is 32.1. The van der Waals surface area contributed by atoms with Gasteiger partial charge in [0.1, 0.15) is 5.69 Å². The van der Waals surface area contributed by atoms with Crippen molar-refractivity contribution < 1.29 is 9.59 Å². The quantitative estimate of drug-likeness (QED) is 0.363. The van der Waals surface area contributed by atoms with E-state index in [0.29, 0.717) is 11.4 Å². The maximum Gasteiger partial charge on any atom is 0.271 e. The molecular weight excluding hydrogens is 512 g/mol. The van der Waals surface area contributed by atoms with E-state index in [-0.39, 0.29) is 17.4 Å². The lowest BCUT2D eigenvalue weighted by molar-refractivity contribution is -0.124. The lowest BCUT2D eigenvalue weighted by Gasteiger charge is -2.30. The van der Waals surface area contributed by atoms with E-state index in [4.69, 9.17) is 0 Å². The third kappa shape index (κ3) is 4.13. The normalized spacial score (nSPS) is 18.5. The fraction of sp³-hybridized carbons (Fsp3) is 0.207. The second-order valence-electron chi connectivity index (χ2n) is 10.2. The van der Waals surface area contributed by atoms with Crippen LogP contribution in [0.5, 0.6) is 0 Å². The fourth-order valence-electron chi connectivity index (χ4n) is 5.26. The standard InChI is InChI=1S/C29H26N6O3S/c1-29(2)26(32-27(37)22-16-39-17-30-22)25(18-7-5-4-6-8-18)34(28(29)38)20-9-11-23-19(13-20)14-31-35(23)21-10-12-24(36)33(3)15-21/h4-17,25-26H,1-3H3,(H,32,37)/t25-,26-/m0/s1. The maximum absolute atomic E-state index is 14.0. The Kier molecular flexibility index (Phi) is 5.91. The SMILES string of the molecule is Cn1cc(-n2ncc3cc(N4C(=O)C(C)(C)[C@@H](NC(=O)c5cscn5)[C@@H]4c4ccccc4)ccc32)ccc1=O. The lowest BCUT2D eigenvalue weighted by atomic mass is 9.82. The van der Waals surface area contributed by atoms with Gasteiger partial charge in [0.15, 0.2) is 0 Å². The van der Waals surface area contributed by atoms with Crippen molar-refractivity contribution in [3.8, 4) is 5.69 Å². The molecular formula is C29H26N6O3S. The Morgan fingerprint density at radius 2 is 1.79 bits per heavy atom. The number of amides is 2. The molecule has 4 heterocycles. The van der Waals surface area contributed by atoms with Gasteiger partial charge in [-0.15, -0.1) is 11.3 Å². The number of aryl methyl sites for hydroxylation is 1. The topological polar surface area (TPSA) is 102 Å². The maximum atomic E-state index is 14.0. The molecule has 39 heavy (non-hydrogen) atoms. The summed E-state index contributed by atoms with van der Waals surface area (Å²) in [4.78, 5) is 44.9. The summed E-state index contributed by atoms with van der Waals surface area (Å²) in [5.74, 6) is -0.399. The Balaban J connectivity index is 1.44. The molecule has 5 aromatic rings. The summed E-state index contributed by atoms with van der Waals surface area (Å²) >= 11 is 1.35. The Morgan fingerprint density at radius 1 is 1.03 bits per heavy atom. The highest BCUT2D eigenvalue weighted by Crippen LogP contribution is 2.47. The van der Waals surface area contributed by atoms with E-state index in [9.17, 15) is 14.4 Å². The zero-order valence-electron chi connectivity index (χ0n) is 21.6. The largest absolute Gasteiger partial charge is 0.344 e. The molecule has 1 saturated heterocycles. The molecule has 0 radical (unpaired) electrons. The van der Waals surface area contributed by atoms with Crippen molar-refractivity contribution in [3.05, 3.63) is 106 Å². The summed E-state index contributed by atoms with van der Waals surface area (Å²) in [6.07, 6.45) is 3.48. The molecule has 196 valence electrons. The van der Waals surface area contributed by atoms with Crippen LogP contribution in [-0.2, 0) is 11.8 Å². The van der Waals surface area contributed by atoms with E-state index in [1.54, 1.807) is 46.0 Å². The molecule has 2 amide bonds. The average molecular weight is 539 g/mol. The highest BCUT2D eigenvalue weighted by Gasteiger charge is 2.55. The third-order valence-electron chi connectivity index (χ3n) is 7.38. The first-order valence-corrected chi connectivity index (χ1v) is 13.4. The number of carbonyl (C=O) groups excluding carboxylic acids is 2. The van der Waals surface area contributed by atoms with Gasteiger partial charge in [0, 0.05) is 35.8 Å². The smallest absolute Gasteiger partial charge is 0.271 e. The van der Waals surface area contributed by atoms with Gasteiger partial charge in [0.2, 0.25) is 11.5 Å². The molecule has 0 saturated carbocycles.